The summed E-state index contributed by atoms with van der Waals surface area (Å²) in [6.45, 7) is 4.48. The first kappa shape index (κ1) is 10.5. The van der Waals surface area contributed by atoms with Crippen molar-refractivity contribution in [2.24, 2.45) is 0 Å². The van der Waals surface area contributed by atoms with Gasteiger partial charge < -0.3 is 9.80 Å². The molecule has 0 aromatic carbocycles. The van der Waals surface area contributed by atoms with Crippen molar-refractivity contribution in [2.45, 2.75) is 38.6 Å². The van der Waals surface area contributed by atoms with Crippen LogP contribution >= 0.6 is 0 Å². The second-order valence-corrected chi connectivity index (χ2v) is 4.48. The first-order chi connectivity index (χ1) is 7.18. The Bertz CT molecular complexity index is 278. The highest BCUT2D eigenvalue weighted by atomic mass is 16.2. The zero-order valence-electron chi connectivity index (χ0n) is 9.24. The normalized spacial score (nSPS) is 24.1. The van der Waals surface area contributed by atoms with Crippen LogP contribution in [0.5, 0.6) is 0 Å². The summed E-state index contributed by atoms with van der Waals surface area (Å²) in [5, 5.41) is 0. The molecule has 1 atom stereocenters. The minimum absolute atomic E-state index is 0.182. The molecule has 1 unspecified atom stereocenters. The van der Waals surface area contributed by atoms with Crippen molar-refractivity contribution in [2.75, 3.05) is 19.6 Å². The summed E-state index contributed by atoms with van der Waals surface area (Å²) >= 11 is 0. The second kappa shape index (κ2) is 4.21. The number of hydrogen-bond acceptors (Lipinski definition) is 2. The van der Waals surface area contributed by atoms with Crippen molar-refractivity contribution in [1.82, 2.24) is 9.80 Å². The molecule has 2 rings (SSSR count). The van der Waals surface area contributed by atoms with E-state index in [0.717, 1.165) is 25.9 Å². The van der Waals surface area contributed by atoms with Crippen molar-refractivity contribution in [3.05, 3.63) is 0 Å². The molecule has 15 heavy (non-hydrogen) atoms. The van der Waals surface area contributed by atoms with Gasteiger partial charge in [0.15, 0.2) is 0 Å². The van der Waals surface area contributed by atoms with E-state index >= 15 is 0 Å². The lowest BCUT2D eigenvalue weighted by Gasteiger charge is -2.28. The highest BCUT2D eigenvalue weighted by Gasteiger charge is 2.28. The topological polar surface area (TPSA) is 40.6 Å². The number of rotatable bonds is 3. The lowest BCUT2D eigenvalue weighted by Crippen LogP contribution is -2.43. The van der Waals surface area contributed by atoms with Gasteiger partial charge in [-0.05, 0) is 19.8 Å². The highest BCUT2D eigenvalue weighted by molar-refractivity contribution is 5.79. The molecule has 2 amide bonds. The maximum absolute atomic E-state index is 11.5. The zero-order valence-corrected chi connectivity index (χ0v) is 9.24. The Hall–Kier alpha value is -1.06. The van der Waals surface area contributed by atoms with Crippen LogP contribution in [0.4, 0.5) is 0 Å². The minimum atomic E-state index is 0.182. The summed E-state index contributed by atoms with van der Waals surface area (Å²) in [7, 11) is 0. The van der Waals surface area contributed by atoms with E-state index in [2.05, 4.69) is 0 Å². The summed E-state index contributed by atoms with van der Waals surface area (Å²) in [5.41, 5.74) is 0. The molecule has 2 heterocycles. The number of amides is 2. The number of likely N-dealkylation sites (tertiary alicyclic amines) is 2. The molecule has 2 aliphatic heterocycles. The Morgan fingerprint density at radius 3 is 2.33 bits per heavy atom. The third-order valence-corrected chi connectivity index (χ3v) is 3.30. The third kappa shape index (κ3) is 2.13. The first-order valence-corrected chi connectivity index (χ1v) is 5.76. The maximum Gasteiger partial charge on any atom is 0.222 e. The van der Waals surface area contributed by atoms with Gasteiger partial charge in [0.25, 0.3) is 0 Å². The van der Waals surface area contributed by atoms with E-state index in [1.54, 1.807) is 0 Å². The van der Waals surface area contributed by atoms with Crippen molar-refractivity contribution in [3.63, 3.8) is 0 Å². The minimum Gasteiger partial charge on any atom is -0.341 e. The van der Waals surface area contributed by atoms with E-state index in [1.807, 2.05) is 16.7 Å². The number of carbonyl (C=O) groups excluding carboxylic acids is 2. The fourth-order valence-corrected chi connectivity index (χ4v) is 2.45. The van der Waals surface area contributed by atoms with Gasteiger partial charge in [0.1, 0.15) is 0 Å². The molecular weight excluding hydrogens is 192 g/mol. The first-order valence-electron chi connectivity index (χ1n) is 5.76. The van der Waals surface area contributed by atoms with E-state index in [0.29, 0.717) is 19.4 Å². The van der Waals surface area contributed by atoms with Gasteiger partial charge in [-0.15, -0.1) is 0 Å². The maximum atomic E-state index is 11.5. The van der Waals surface area contributed by atoms with Crippen molar-refractivity contribution >= 4 is 11.8 Å². The summed E-state index contributed by atoms with van der Waals surface area (Å²) < 4.78 is 0. The fourth-order valence-electron chi connectivity index (χ4n) is 2.45. The van der Waals surface area contributed by atoms with Gasteiger partial charge in [0, 0.05) is 38.5 Å². The number of carbonyl (C=O) groups is 2. The monoisotopic (exact) mass is 210 g/mol. The van der Waals surface area contributed by atoms with E-state index in [1.165, 1.54) is 0 Å². The van der Waals surface area contributed by atoms with E-state index in [4.69, 9.17) is 0 Å². The third-order valence-electron chi connectivity index (χ3n) is 3.30. The smallest absolute Gasteiger partial charge is 0.222 e. The molecule has 0 spiro atoms. The van der Waals surface area contributed by atoms with Crippen molar-refractivity contribution < 1.29 is 9.59 Å². The molecule has 2 aliphatic rings. The molecule has 0 aromatic rings. The standard InChI is InChI=1S/C11H18N2O2/c1-9(13-7-3-5-11(13)15)8-12-6-2-4-10(12)14/h9H,2-8H2,1H3. The van der Waals surface area contributed by atoms with E-state index in [-0.39, 0.29) is 17.9 Å². The van der Waals surface area contributed by atoms with Gasteiger partial charge in [-0.25, -0.2) is 0 Å². The molecule has 0 aromatic heterocycles. The fraction of sp³-hybridized carbons (Fsp3) is 0.818. The van der Waals surface area contributed by atoms with Crippen LogP contribution in [0.3, 0.4) is 0 Å². The SMILES string of the molecule is CC(CN1CCCC1=O)N1CCCC1=O. The van der Waals surface area contributed by atoms with Gasteiger partial charge in [0.05, 0.1) is 0 Å². The van der Waals surface area contributed by atoms with Crippen LogP contribution in [0.2, 0.25) is 0 Å². The van der Waals surface area contributed by atoms with Crippen LogP contribution in [-0.2, 0) is 9.59 Å². The molecule has 0 radical (unpaired) electrons. The quantitative estimate of drug-likeness (QED) is 0.685. The lowest BCUT2D eigenvalue weighted by molar-refractivity contribution is -0.133. The molecule has 2 saturated heterocycles. The highest BCUT2D eigenvalue weighted by Crippen LogP contribution is 2.16. The summed E-state index contributed by atoms with van der Waals surface area (Å²) in [6, 6.07) is 0.182. The van der Waals surface area contributed by atoms with Gasteiger partial charge in [-0.1, -0.05) is 0 Å². The Kier molecular flexibility index (Phi) is 2.93. The van der Waals surface area contributed by atoms with Crippen molar-refractivity contribution in [1.29, 1.82) is 0 Å². The predicted octanol–water partition coefficient (Wildman–Crippen LogP) is 0.620. The van der Waals surface area contributed by atoms with Crippen LogP contribution in [0.25, 0.3) is 0 Å². The van der Waals surface area contributed by atoms with E-state index in [9.17, 15) is 9.59 Å². The Labute approximate surface area is 90.2 Å². The molecule has 4 heteroatoms. The number of hydrogen-bond donors (Lipinski definition) is 0. The predicted molar refractivity (Wildman–Crippen MR) is 56.2 cm³/mol. The van der Waals surface area contributed by atoms with Crippen LogP contribution in [0.15, 0.2) is 0 Å². The Morgan fingerprint density at radius 1 is 1.13 bits per heavy atom. The molecular formula is C11H18N2O2. The molecule has 2 fully saturated rings. The Balaban J connectivity index is 1.88. The molecule has 0 saturated carbocycles. The summed E-state index contributed by atoms with van der Waals surface area (Å²) in [5.74, 6) is 0.489. The van der Waals surface area contributed by atoms with Crippen LogP contribution in [-0.4, -0.2) is 47.3 Å². The van der Waals surface area contributed by atoms with Gasteiger partial charge in [-0.2, -0.15) is 0 Å². The van der Waals surface area contributed by atoms with Crippen molar-refractivity contribution in [3.8, 4) is 0 Å². The zero-order chi connectivity index (χ0) is 10.8. The van der Waals surface area contributed by atoms with Gasteiger partial charge in [0.2, 0.25) is 11.8 Å². The average Bonchev–Trinajstić information content (AvgIpc) is 2.76. The molecule has 0 aliphatic carbocycles. The lowest BCUT2D eigenvalue weighted by atomic mass is 10.2. The van der Waals surface area contributed by atoms with Crippen LogP contribution < -0.4 is 0 Å². The van der Waals surface area contributed by atoms with Gasteiger partial charge in [-0.3, -0.25) is 9.59 Å². The van der Waals surface area contributed by atoms with Crippen LogP contribution in [0, 0.1) is 0 Å². The molecule has 0 bridgehead atoms. The largest absolute Gasteiger partial charge is 0.341 e. The van der Waals surface area contributed by atoms with Gasteiger partial charge >= 0.3 is 0 Å². The molecule has 0 N–H and O–H groups in total. The van der Waals surface area contributed by atoms with Crippen LogP contribution in [0.1, 0.15) is 32.6 Å². The Morgan fingerprint density at radius 2 is 1.80 bits per heavy atom. The van der Waals surface area contributed by atoms with E-state index < -0.39 is 0 Å². The average molecular weight is 210 g/mol. The number of nitrogens with zero attached hydrogens (tertiary/aromatic N) is 2. The second-order valence-electron chi connectivity index (χ2n) is 4.48. The molecule has 84 valence electrons. The summed E-state index contributed by atoms with van der Waals surface area (Å²) in [4.78, 5) is 26.7. The summed E-state index contributed by atoms with van der Waals surface area (Å²) in [6.07, 6.45) is 3.30. The molecule has 4 nitrogen and oxygen atoms in total.